The molecule has 0 aromatic heterocycles. The van der Waals surface area contributed by atoms with Gasteiger partial charge in [-0.15, -0.1) is 0 Å². The molecule has 2 aromatic carbocycles. The number of carbonyl (C=O) groups is 12. The molecule has 0 unspecified atom stereocenters. The third-order valence-corrected chi connectivity index (χ3v) is 12.4. The highest BCUT2D eigenvalue weighted by atomic mass is 32.2. The van der Waals surface area contributed by atoms with Gasteiger partial charge in [0.15, 0.2) is 5.96 Å². The van der Waals surface area contributed by atoms with E-state index in [9.17, 15) is 83.1 Å². The average molecular weight is 1160 g/mol. The van der Waals surface area contributed by atoms with Crippen LogP contribution in [-0.2, 0) is 70.4 Å². The van der Waals surface area contributed by atoms with Gasteiger partial charge in [-0.25, -0.2) is 4.79 Å². The maximum absolute atomic E-state index is 14.1. The van der Waals surface area contributed by atoms with Gasteiger partial charge in [0.05, 0.1) is 26.1 Å². The van der Waals surface area contributed by atoms with Crippen LogP contribution in [0.5, 0.6) is 5.75 Å². The van der Waals surface area contributed by atoms with Crippen molar-refractivity contribution in [3.05, 3.63) is 65.7 Å². The maximum Gasteiger partial charge on any atom is 0.326 e. The highest BCUT2D eigenvalue weighted by molar-refractivity contribution is 7.98. The Balaban J connectivity index is 2.32. The van der Waals surface area contributed by atoms with Gasteiger partial charge in [-0.05, 0) is 66.9 Å². The SMILES string of the molecule is CSCC[C@H](NC(=O)[C@@H](NC(=O)[C@H](CC(=O)O)NC(=O)[C@H](CO)NC(=O)[C@H](CCC(=O)O)NC(=O)[C@H](Cc1ccc(O)cc1)NC(=O)[C@H](Cc1ccccc1)NC(=O)CN)C(C)C)C(=O)NCC(=O)N[C@@H](CCCNC(=N)N)C(=O)O. The second-order valence-corrected chi connectivity index (χ2v) is 19.6. The zero-order valence-electron chi connectivity index (χ0n) is 44.8. The number of nitrogens with one attached hydrogen (secondary N) is 11. The number of phenolic OH excluding ortho intramolecular Hbond substituents is 1. The molecule has 9 amide bonds. The van der Waals surface area contributed by atoms with Gasteiger partial charge < -0.3 is 90.2 Å². The number of carbonyl (C=O) groups excluding carboxylic acids is 9. The molecule has 20 N–H and O–H groups in total. The van der Waals surface area contributed by atoms with Crippen LogP contribution in [0.25, 0.3) is 0 Å². The minimum atomic E-state index is -2.00. The van der Waals surface area contributed by atoms with Crippen LogP contribution in [0.15, 0.2) is 54.6 Å². The molecular formula is C50H73N13O17S. The molecule has 31 heteroatoms. The second kappa shape index (κ2) is 35.8. The summed E-state index contributed by atoms with van der Waals surface area (Å²) in [5.74, 6) is -14.6. The number of rotatable bonds is 37. The Labute approximate surface area is 469 Å². The molecule has 446 valence electrons. The van der Waals surface area contributed by atoms with Gasteiger partial charge in [-0.2, -0.15) is 11.8 Å². The fourth-order valence-electron chi connectivity index (χ4n) is 7.47. The number of aliphatic hydroxyl groups excluding tert-OH is 1. The molecular weight excluding hydrogens is 1090 g/mol. The zero-order valence-corrected chi connectivity index (χ0v) is 45.6. The Morgan fingerprint density at radius 1 is 0.568 bits per heavy atom. The van der Waals surface area contributed by atoms with Crippen LogP contribution in [0.4, 0.5) is 0 Å². The van der Waals surface area contributed by atoms with Gasteiger partial charge in [-0.1, -0.05) is 56.3 Å². The smallest absolute Gasteiger partial charge is 0.326 e. The van der Waals surface area contributed by atoms with Crippen LogP contribution in [0.3, 0.4) is 0 Å². The Kier molecular flexibility index (Phi) is 30.3. The minimum Gasteiger partial charge on any atom is -0.508 e. The average Bonchev–Trinajstić information content (AvgIpc) is 3.43. The van der Waals surface area contributed by atoms with Crippen molar-refractivity contribution in [2.75, 3.05) is 38.2 Å². The summed E-state index contributed by atoms with van der Waals surface area (Å²) in [6.07, 6.45) is -0.994. The molecule has 2 rings (SSSR count). The Hall–Kier alpha value is -8.58. The third kappa shape index (κ3) is 26.3. The molecule has 0 aliphatic rings. The van der Waals surface area contributed by atoms with Gasteiger partial charge >= 0.3 is 17.9 Å². The number of aliphatic carboxylic acids is 3. The molecule has 0 bridgehead atoms. The van der Waals surface area contributed by atoms with Gasteiger partial charge in [0.2, 0.25) is 53.2 Å². The van der Waals surface area contributed by atoms with E-state index in [0.717, 1.165) is 0 Å². The zero-order chi connectivity index (χ0) is 60.8. The summed E-state index contributed by atoms with van der Waals surface area (Å²) in [6.45, 7) is 0.714. The van der Waals surface area contributed by atoms with E-state index in [1.807, 2.05) is 0 Å². The molecule has 0 aliphatic heterocycles. The predicted octanol–water partition coefficient (Wildman–Crippen LogP) is -4.78. The third-order valence-electron chi connectivity index (χ3n) is 11.8. The van der Waals surface area contributed by atoms with E-state index >= 15 is 0 Å². The van der Waals surface area contributed by atoms with Crippen LogP contribution >= 0.6 is 11.8 Å². The Morgan fingerprint density at radius 3 is 1.62 bits per heavy atom. The van der Waals surface area contributed by atoms with E-state index in [1.54, 1.807) is 36.6 Å². The van der Waals surface area contributed by atoms with E-state index in [0.29, 0.717) is 16.9 Å². The number of nitrogens with two attached hydrogens (primary N) is 2. The summed E-state index contributed by atoms with van der Waals surface area (Å²) in [6, 6.07) is 1.07. The predicted molar refractivity (Wildman–Crippen MR) is 290 cm³/mol. The van der Waals surface area contributed by atoms with E-state index < -0.39 is 164 Å². The van der Waals surface area contributed by atoms with Gasteiger partial charge in [0, 0.05) is 25.8 Å². The number of aliphatic hydroxyl groups is 1. The molecule has 0 saturated heterocycles. The molecule has 0 heterocycles. The van der Waals surface area contributed by atoms with Crippen LogP contribution < -0.4 is 64.6 Å². The molecule has 30 nitrogen and oxygen atoms in total. The van der Waals surface area contributed by atoms with Crippen molar-refractivity contribution < 1.29 is 83.1 Å². The quantitative estimate of drug-likeness (QED) is 0.0172. The van der Waals surface area contributed by atoms with Crippen molar-refractivity contribution in [1.29, 1.82) is 5.41 Å². The summed E-state index contributed by atoms with van der Waals surface area (Å²) in [7, 11) is 0. The molecule has 0 saturated carbocycles. The van der Waals surface area contributed by atoms with Crippen LogP contribution in [-0.4, -0.2) is 189 Å². The highest BCUT2D eigenvalue weighted by Gasteiger charge is 2.36. The summed E-state index contributed by atoms with van der Waals surface area (Å²) in [5.41, 5.74) is 11.7. The number of hydrogen-bond donors (Lipinski definition) is 18. The molecule has 0 fully saturated rings. The summed E-state index contributed by atoms with van der Waals surface area (Å²) in [5, 5.41) is 79.8. The largest absolute Gasteiger partial charge is 0.508 e. The standard InChI is InChI=1S/C50H73N13O17S/c1-26(2)41(48(78)59-31(17-19-81-3)42(72)55-24-38(67)56-32(49(79)80)10-7-18-54-50(52)53)63-46(76)35(22-40(70)71)61-47(77)36(25-64)62-43(73)30(15-16-39(68)69)58-45(75)34(21-28-11-13-29(65)14-12-28)60-44(74)33(57-37(66)23-51)20-27-8-5-4-6-9-27/h4-6,8-9,11-14,26,30-36,41,64-65H,7,10,15-25,51H2,1-3H3,(H,55,72)(H,56,67)(H,57,66)(H,58,75)(H,59,78)(H,60,74)(H,61,77)(H,62,73)(H,63,76)(H,68,69)(H,70,71)(H,79,80)(H4,52,53,54)/t30-,31-,32-,33-,34-,35-,36-,41-/m0/s1. The number of hydrogen-bond acceptors (Lipinski definition) is 17. The molecule has 0 aliphatic carbocycles. The monoisotopic (exact) mass is 1160 g/mol. The number of carboxylic acid groups (broad SMARTS) is 3. The molecule has 81 heavy (non-hydrogen) atoms. The normalized spacial score (nSPS) is 13.8. The first-order valence-corrected chi connectivity index (χ1v) is 26.7. The molecule has 2 aromatic rings. The van der Waals surface area contributed by atoms with E-state index in [-0.39, 0.29) is 50.4 Å². The van der Waals surface area contributed by atoms with E-state index in [4.69, 9.17) is 16.9 Å². The summed E-state index contributed by atoms with van der Waals surface area (Å²) < 4.78 is 0. The lowest BCUT2D eigenvalue weighted by molar-refractivity contribution is -0.142. The first kappa shape index (κ1) is 68.5. The topological polar surface area (TPSA) is 502 Å². The lowest BCUT2D eigenvalue weighted by Gasteiger charge is -2.28. The Morgan fingerprint density at radius 2 is 1.07 bits per heavy atom. The fraction of sp³-hybridized carbons (Fsp3) is 0.500. The molecule has 0 spiro atoms. The number of benzene rings is 2. The van der Waals surface area contributed by atoms with Gasteiger partial charge in [0.25, 0.3) is 0 Å². The van der Waals surface area contributed by atoms with Crippen molar-refractivity contribution >= 4 is 88.8 Å². The number of thioether (sulfide) groups is 1. The highest BCUT2D eigenvalue weighted by Crippen LogP contribution is 2.14. The van der Waals surface area contributed by atoms with E-state index in [1.165, 1.54) is 49.9 Å². The Bertz CT molecular complexity index is 2510. The number of carboxylic acids is 3. The first-order chi connectivity index (χ1) is 38.3. The fourth-order valence-corrected chi connectivity index (χ4v) is 7.94. The first-order valence-electron chi connectivity index (χ1n) is 25.3. The maximum atomic E-state index is 14.1. The lowest BCUT2D eigenvalue weighted by atomic mass is 10.0. The van der Waals surface area contributed by atoms with E-state index in [2.05, 4.69) is 53.2 Å². The minimum absolute atomic E-state index is 0.00406. The molecule has 0 radical (unpaired) electrons. The number of guanidine groups is 1. The van der Waals surface area contributed by atoms with Crippen LogP contribution in [0, 0.1) is 11.3 Å². The van der Waals surface area contributed by atoms with Gasteiger partial charge in [-0.3, -0.25) is 58.1 Å². The second-order valence-electron chi connectivity index (χ2n) is 18.6. The lowest BCUT2D eigenvalue weighted by Crippen LogP contribution is -2.61. The van der Waals surface area contributed by atoms with Crippen molar-refractivity contribution in [2.24, 2.45) is 17.4 Å². The van der Waals surface area contributed by atoms with Crippen molar-refractivity contribution in [3.63, 3.8) is 0 Å². The number of amides is 9. The number of aromatic hydroxyl groups is 1. The van der Waals surface area contributed by atoms with Crippen LogP contribution in [0.2, 0.25) is 0 Å². The summed E-state index contributed by atoms with van der Waals surface area (Å²) in [4.78, 5) is 157. The van der Waals surface area contributed by atoms with Crippen molar-refractivity contribution in [1.82, 2.24) is 53.2 Å². The van der Waals surface area contributed by atoms with Crippen LogP contribution in [0.1, 0.15) is 63.5 Å². The van der Waals surface area contributed by atoms with Crippen molar-refractivity contribution in [2.45, 2.75) is 114 Å². The van der Waals surface area contributed by atoms with Gasteiger partial charge in [0.1, 0.15) is 54.1 Å². The van der Waals surface area contributed by atoms with Crippen molar-refractivity contribution in [3.8, 4) is 5.75 Å². The molecule has 8 atom stereocenters. The summed E-state index contributed by atoms with van der Waals surface area (Å²) >= 11 is 1.30. The number of phenols is 1.